The van der Waals surface area contributed by atoms with Crippen LogP contribution in [0.2, 0.25) is 0 Å². The Morgan fingerprint density at radius 1 is 0.923 bits per heavy atom. The third-order valence-corrected chi connectivity index (χ3v) is 3.58. The van der Waals surface area contributed by atoms with Gasteiger partial charge in [0.15, 0.2) is 0 Å². The Morgan fingerprint density at radius 2 is 1.31 bits per heavy atom. The molecule has 0 radical (unpaired) electrons. The van der Waals surface area contributed by atoms with Gasteiger partial charge in [-0.3, -0.25) is 0 Å². The Kier molecular flexibility index (Phi) is 3.78. The Bertz CT molecular complexity index is 135. The summed E-state index contributed by atoms with van der Waals surface area (Å²) in [7, 11) is 2.27. The Labute approximate surface area is 83.5 Å². The molecule has 1 nitrogen and oxygen atoms in total. The third kappa shape index (κ3) is 2.98. The van der Waals surface area contributed by atoms with Crippen LogP contribution in [-0.2, 0) is 0 Å². The number of rotatable bonds is 2. The van der Waals surface area contributed by atoms with E-state index in [9.17, 15) is 0 Å². The molecule has 0 saturated carbocycles. The summed E-state index contributed by atoms with van der Waals surface area (Å²) in [5, 5.41) is 0. The minimum Gasteiger partial charge on any atom is -0.306 e. The largest absolute Gasteiger partial charge is 0.306 e. The van der Waals surface area contributed by atoms with Crippen molar-refractivity contribution in [3.05, 3.63) is 0 Å². The molecule has 0 aromatic rings. The lowest BCUT2D eigenvalue weighted by molar-refractivity contribution is 0.0985. The predicted octanol–water partition coefficient (Wildman–Crippen LogP) is 2.87. The first-order valence-electron chi connectivity index (χ1n) is 5.69. The molecule has 1 fully saturated rings. The first kappa shape index (κ1) is 11.0. The van der Waals surface area contributed by atoms with Crippen molar-refractivity contribution in [3.63, 3.8) is 0 Å². The van der Waals surface area contributed by atoms with Crippen LogP contribution < -0.4 is 0 Å². The molecular formula is C12H25N. The van der Waals surface area contributed by atoms with Crippen LogP contribution in [0, 0.1) is 23.7 Å². The van der Waals surface area contributed by atoms with Gasteiger partial charge in [-0.05, 0) is 37.1 Å². The molecule has 2 atom stereocenters. The smallest absolute Gasteiger partial charge is 0.000928 e. The van der Waals surface area contributed by atoms with Gasteiger partial charge in [-0.2, -0.15) is 0 Å². The molecule has 0 aromatic carbocycles. The summed E-state index contributed by atoms with van der Waals surface area (Å²) in [6.07, 6.45) is 1.44. The molecule has 0 aromatic heterocycles. The number of likely N-dealkylation sites (tertiary alicyclic amines) is 1. The van der Waals surface area contributed by atoms with Gasteiger partial charge in [-0.1, -0.05) is 27.7 Å². The molecule has 0 amide bonds. The summed E-state index contributed by atoms with van der Waals surface area (Å²) >= 11 is 0. The van der Waals surface area contributed by atoms with Crippen molar-refractivity contribution < 1.29 is 0 Å². The second kappa shape index (κ2) is 4.45. The molecule has 0 N–H and O–H groups in total. The molecular weight excluding hydrogens is 158 g/mol. The zero-order valence-corrected chi connectivity index (χ0v) is 9.88. The van der Waals surface area contributed by atoms with Gasteiger partial charge in [0.2, 0.25) is 0 Å². The van der Waals surface area contributed by atoms with E-state index in [1.54, 1.807) is 0 Å². The third-order valence-electron chi connectivity index (χ3n) is 3.58. The van der Waals surface area contributed by atoms with Crippen molar-refractivity contribution in [3.8, 4) is 0 Å². The van der Waals surface area contributed by atoms with Gasteiger partial charge >= 0.3 is 0 Å². The van der Waals surface area contributed by atoms with Crippen LogP contribution in [0.1, 0.15) is 34.1 Å². The summed E-state index contributed by atoms with van der Waals surface area (Å²) in [4.78, 5) is 2.51. The van der Waals surface area contributed by atoms with Gasteiger partial charge in [0.05, 0.1) is 0 Å². The van der Waals surface area contributed by atoms with E-state index in [4.69, 9.17) is 0 Å². The molecule has 0 aliphatic carbocycles. The molecule has 1 aliphatic rings. The molecule has 1 saturated heterocycles. The maximum atomic E-state index is 2.51. The number of hydrogen-bond donors (Lipinski definition) is 0. The lowest BCUT2D eigenvalue weighted by Crippen LogP contribution is -2.41. The first-order valence-corrected chi connectivity index (χ1v) is 5.69. The Hall–Kier alpha value is -0.0400. The van der Waals surface area contributed by atoms with Crippen molar-refractivity contribution in [2.24, 2.45) is 23.7 Å². The van der Waals surface area contributed by atoms with Gasteiger partial charge < -0.3 is 4.90 Å². The maximum absolute atomic E-state index is 2.51. The van der Waals surface area contributed by atoms with E-state index in [-0.39, 0.29) is 0 Å². The highest BCUT2D eigenvalue weighted by atomic mass is 15.1. The fourth-order valence-corrected chi connectivity index (χ4v) is 2.38. The van der Waals surface area contributed by atoms with Gasteiger partial charge in [-0.25, -0.2) is 0 Å². The van der Waals surface area contributed by atoms with E-state index < -0.39 is 0 Å². The fourth-order valence-electron chi connectivity index (χ4n) is 2.38. The van der Waals surface area contributed by atoms with Gasteiger partial charge in [0.25, 0.3) is 0 Å². The van der Waals surface area contributed by atoms with Gasteiger partial charge in [0.1, 0.15) is 0 Å². The molecule has 1 heterocycles. The lowest BCUT2D eigenvalue weighted by Gasteiger charge is -2.39. The van der Waals surface area contributed by atoms with Crippen LogP contribution >= 0.6 is 0 Å². The van der Waals surface area contributed by atoms with Gasteiger partial charge in [0, 0.05) is 13.1 Å². The number of nitrogens with zero attached hydrogens (tertiary/aromatic N) is 1. The van der Waals surface area contributed by atoms with Crippen LogP contribution in [0.5, 0.6) is 0 Å². The van der Waals surface area contributed by atoms with E-state index in [2.05, 4.69) is 39.6 Å². The van der Waals surface area contributed by atoms with Crippen LogP contribution in [0.3, 0.4) is 0 Å². The molecule has 78 valence electrons. The minimum absolute atomic E-state index is 0.851. The van der Waals surface area contributed by atoms with Crippen molar-refractivity contribution in [1.82, 2.24) is 4.90 Å². The minimum atomic E-state index is 0.851. The van der Waals surface area contributed by atoms with E-state index in [0.29, 0.717) is 0 Å². The monoisotopic (exact) mass is 183 g/mol. The summed E-state index contributed by atoms with van der Waals surface area (Å²) in [6, 6.07) is 0. The molecule has 1 aliphatic heterocycles. The van der Waals surface area contributed by atoms with E-state index in [0.717, 1.165) is 23.7 Å². The highest BCUT2D eigenvalue weighted by Crippen LogP contribution is 2.30. The van der Waals surface area contributed by atoms with Crippen LogP contribution in [-0.4, -0.2) is 25.0 Å². The van der Waals surface area contributed by atoms with Crippen molar-refractivity contribution in [1.29, 1.82) is 0 Å². The summed E-state index contributed by atoms with van der Waals surface area (Å²) in [5.41, 5.74) is 0. The van der Waals surface area contributed by atoms with E-state index >= 15 is 0 Å². The molecule has 2 unspecified atom stereocenters. The predicted molar refractivity (Wildman–Crippen MR) is 58.8 cm³/mol. The SMILES string of the molecule is CC(C)C1CC(C(C)C)CN(C)C1. The molecule has 0 spiro atoms. The second-order valence-corrected chi connectivity index (χ2v) is 5.47. The average Bonchev–Trinajstić information content (AvgIpc) is 2.03. The van der Waals surface area contributed by atoms with Crippen molar-refractivity contribution >= 4 is 0 Å². The summed E-state index contributed by atoms with van der Waals surface area (Å²) in [6.45, 7) is 12.1. The second-order valence-electron chi connectivity index (χ2n) is 5.47. The summed E-state index contributed by atoms with van der Waals surface area (Å²) < 4.78 is 0. The number of hydrogen-bond acceptors (Lipinski definition) is 1. The number of piperidine rings is 1. The molecule has 1 rings (SSSR count). The first-order chi connectivity index (χ1) is 6.00. The lowest BCUT2D eigenvalue weighted by atomic mass is 9.78. The fraction of sp³-hybridized carbons (Fsp3) is 1.00. The molecule has 13 heavy (non-hydrogen) atoms. The highest BCUT2D eigenvalue weighted by molar-refractivity contribution is 4.80. The summed E-state index contributed by atoms with van der Waals surface area (Å²) in [5.74, 6) is 3.55. The van der Waals surface area contributed by atoms with Crippen LogP contribution in [0.4, 0.5) is 0 Å². The van der Waals surface area contributed by atoms with Crippen molar-refractivity contribution in [2.75, 3.05) is 20.1 Å². The van der Waals surface area contributed by atoms with Crippen molar-refractivity contribution in [2.45, 2.75) is 34.1 Å². The maximum Gasteiger partial charge on any atom is 0.000928 e. The molecule has 1 heteroatoms. The zero-order chi connectivity index (χ0) is 10.0. The normalized spacial score (nSPS) is 31.6. The Balaban J connectivity index is 2.52. The topological polar surface area (TPSA) is 3.24 Å². The standard InChI is InChI=1S/C12H25N/c1-9(2)11-6-12(10(3)4)8-13(5)7-11/h9-12H,6-8H2,1-5H3. The quantitative estimate of drug-likeness (QED) is 0.636. The van der Waals surface area contributed by atoms with Crippen LogP contribution in [0.15, 0.2) is 0 Å². The van der Waals surface area contributed by atoms with Crippen LogP contribution in [0.25, 0.3) is 0 Å². The van der Waals surface area contributed by atoms with E-state index in [1.807, 2.05) is 0 Å². The average molecular weight is 183 g/mol. The zero-order valence-electron chi connectivity index (χ0n) is 9.88. The van der Waals surface area contributed by atoms with Gasteiger partial charge in [-0.15, -0.1) is 0 Å². The molecule has 0 bridgehead atoms. The highest BCUT2D eigenvalue weighted by Gasteiger charge is 2.28. The Morgan fingerprint density at radius 3 is 1.62 bits per heavy atom. The van der Waals surface area contributed by atoms with E-state index in [1.165, 1.54) is 19.5 Å².